The number of alkyl halides is 3. The van der Waals surface area contributed by atoms with E-state index in [4.69, 9.17) is 5.11 Å². The summed E-state index contributed by atoms with van der Waals surface area (Å²) in [6, 6.07) is 3.83. The third-order valence-electron chi connectivity index (χ3n) is 2.37. The number of rotatable bonds is 4. The number of nitrogens with zero attached hydrogens (tertiary/aromatic N) is 1. The van der Waals surface area contributed by atoms with Crippen molar-refractivity contribution in [3.63, 3.8) is 0 Å². The molecule has 0 spiro atoms. The number of aryl methyl sites for hydroxylation is 1. The zero-order chi connectivity index (χ0) is 15.5. The van der Waals surface area contributed by atoms with Crippen LogP contribution in [0, 0.1) is 6.92 Å². The normalized spacial score (nSPS) is 11.2. The monoisotopic (exact) mass is 291 g/mol. The Kier molecular flexibility index (Phi) is 4.59. The predicted molar refractivity (Wildman–Crippen MR) is 62.4 cm³/mol. The quantitative estimate of drug-likeness (QED) is 0.886. The molecule has 8 heteroatoms. The van der Waals surface area contributed by atoms with Crippen LogP contribution in [0.25, 0.3) is 0 Å². The molecular formula is C12H12F3NO4. The number of carbonyl (C=O) groups is 2. The van der Waals surface area contributed by atoms with Crippen LogP contribution in [-0.4, -0.2) is 46.3 Å². The Morgan fingerprint density at radius 2 is 1.90 bits per heavy atom. The molecule has 0 atom stereocenters. The molecule has 0 fully saturated rings. The molecule has 0 aliphatic rings. The zero-order valence-corrected chi connectivity index (χ0v) is 10.4. The molecule has 1 amide bonds. The first-order valence-electron chi connectivity index (χ1n) is 5.47. The second-order valence-corrected chi connectivity index (χ2v) is 4.19. The lowest BCUT2D eigenvalue weighted by Gasteiger charge is -2.22. The van der Waals surface area contributed by atoms with Crippen LogP contribution in [0.3, 0.4) is 0 Å². The number of hydrogen-bond acceptors (Lipinski definition) is 3. The number of halogens is 3. The molecule has 0 heterocycles. The molecule has 0 saturated carbocycles. The Morgan fingerprint density at radius 3 is 2.40 bits per heavy atom. The lowest BCUT2D eigenvalue weighted by atomic mass is 10.1. The number of hydrogen-bond donors (Lipinski definition) is 2. The highest BCUT2D eigenvalue weighted by Crippen LogP contribution is 2.23. The number of carboxylic acids is 1. The van der Waals surface area contributed by atoms with Gasteiger partial charge in [0.2, 0.25) is 0 Å². The fraction of sp³-hybridized carbons (Fsp3) is 0.333. The van der Waals surface area contributed by atoms with E-state index >= 15 is 0 Å². The standard InChI is InChI=1S/C12H12F3NO4/c1-7-2-3-9(17)8(4-7)11(20)16(5-10(18)19)6-12(13,14)15/h2-4,17H,5-6H2,1H3,(H,18,19). The molecule has 0 radical (unpaired) electrons. The SMILES string of the molecule is Cc1ccc(O)c(C(=O)N(CC(=O)O)CC(F)(F)F)c1. The number of phenols is 1. The highest BCUT2D eigenvalue weighted by atomic mass is 19.4. The van der Waals surface area contributed by atoms with Crippen molar-refractivity contribution in [2.75, 3.05) is 13.1 Å². The van der Waals surface area contributed by atoms with Crippen LogP contribution in [0.15, 0.2) is 18.2 Å². The largest absolute Gasteiger partial charge is 0.507 e. The minimum Gasteiger partial charge on any atom is -0.507 e. The second kappa shape index (κ2) is 5.81. The van der Waals surface area contributed by atoms with Gasteiger partial charge in [-0.05, 0) is 19.1 Å². The predicted octanol–water partition coefficient (Wildman–Crippen LogP) is 1.79. The molecule has 0 bridgehead atoms. The Balaban J connectivity index is 3.09. The summed E-state index contributed by atoms with van der Waals surface area (Å²) in [4.78, 5) is 22.6. The first-order valence-corrected chi connectivity index (χ1v) is 5.47. The van der Waals surface area contributed by atoms with E-state index in [2.05, 4.69) is 0 Å². The van der Waals surface area contributed by atoms with E-state index in [1.54, 1.807) is 6.92 Å². The van der Waals surface area contributed by atoms with E-state index in [9.17, 15) is 27.9 Å². The summed E-state index contributed by atoms with van der Waals surface area (Å²) >= 11 is 0. The van der Waals surface area contributed by atoms with Crippen LogP contribution in [-0.2, 0) is 4.79 Å². The maximum absolute atomic E-state index is 12.4. The van der Waals surface area contributed by atoms with Crippen molar-refractivity contribution in [2.24, 2.45) is 0 Å². The van der Waals surface area contributed by atoms with Crippen molar-refractivity contribution in [3.8, 4) is 5.75 Å². The van der Waals surface area contributed by atoms with E-state index in [1.807, 2.05) is 0 Å². The third-order valence-corrected chi connectivity index (χ3v) is 2.37. The van der Waals surface area contributed by atoms with Gasteiger partial charge in [0, 0.05) is 0 Å². The van der Waals surface area contributed by atoms with Crippen molar-refractivity contribution < 1.29 is 33.0 Å². The van der Waals surface area contributed by atoms with Gasteiger partial charge in [0.05, 0.1) is 5.56 Å². The molecule has 1 aromatic carbocycles. The lowest BCUT2D eigenvalue weighted by molar-refractivity contribution is -0.149. The number of amides is 1. The van der Waals surface area contributed by atoms with Crippen molar-refractivity contribution in [1.29, 1.82) is 0 Å². The number of phenolic OH excluding ortho intramolecular Hbond substituents is 1. The summed E-state index contributed by atoms with van der Waals surface area (Å²) in [5, 5.41) is 18.1. The number of carboxylic acid groups (broad SMARTS) is 1. The van der Waals surface area contributed by atoms with E-state index in [0.29, 0.717) is 5.56 Å². The van der Waals surface area contributed by atoms with Gasteiger partial charge < -0.3 is 15.1 Å². The van der Waals surface area contributed by atoms with Gasteiger partial charge in [0.15, 0.2) is 0 Å². The number of aromatic hydroxyl groups is 1. The van der Waals surface area contributed by atoms with Gasteiger partial charge in [-0.2, -0.15) is 13.2 Å². The van der Waals surface area contributed by atoms with Crippen LogP contribution in [0.1, 0.15) is 15.9 Å². The molecular weight excluding hydrogens is 279 g/mol. The highest BCUT2D eigenvalue weighted by molar-refractivity contribution is 5.98. The van der Waals surface area contributed by atoms with Gasteiger partial charge >= 0.3 is 12.1 Å². The molecule has 20 heavy (non-hydrogen) atoms. The summed E-state index contributed by atoms with van der Waals surface area (Å²) in [5.41, 5.74) is 0.184. The van der Waals surface area contributed by atoms with Gasteiger partial charge in [-0.1, -0.05) is 11.6 Å². The molecule has 2 N–H and O–H groups in total. The Morgan fingerprint density at radius 1 is 1.30 bits per heavy atom. The van der Waals surface area contributed by atoms with Crippen LogP contribution < -0.4 is 0 Å². The van der Waals surface area contributed by atoms with E-state index in [-0.39, 0.29) is 10.5 Å². The molecule has 5 nitrogen and oxygen atoms in total. The lowest BCUT2D eigenvalue weighted by Crippen LogP contribution is -2.42. The smallest absolute Gasteiger partial charge is 0.406 e. The highest BCUT2D eigenvalue weighted by Gasteiger charge is 2.35. The Hall–Kier alpha value is -2.25. The molecule has 1 rings (SSSR count). The van der Waals surface area contributed by atoms with Gasteiger partial charge in [-0.3, -0.25) is 9.59 Å². The second-order valence-electron chi connectivity index (χ2n) is 4.19. The first kappa shape index (κ1) is 15.8. The van der Waals surface area contributed by atoms with Crippen molar-refractivity contribution in [1.82, 2.24) is 4.90 Å². The molecule has 110 valence electrons. The Labute approximate surface area is 112 Å². The maximum atomic E-state index is 12.4. The minimum absolute atomic E-state index is 0.122. The van der Waals surface area contributed by atoms with Crippen molar-refractivity contribution >= 4 is 11.9 Å². The van der Waals surface area contributed by atoms with E-state index < -0.39 is 36.9 Å². The van der Waals surface area contributed by atoms with Crippen molar-refractivity contribution in [3.05, 3.63) is 29.3 Å². The third kappa shape index (κ3) is 4.45. The number of carbonyl (C=O) groups excluding carboxylic acids is 1. The topological polar surface area (TPSA) is 77.8 Å². The summed E-state index contributed by atoms with van der Waals surface area (Å²) in [6.07, 6.45) is -4.73. The molecule has 0 unspecified atom stereocenters. The first-order chi connectivity index (χ1) is 9.10. The van der Waals surface area contributed by atoms with Gasteiger partial charge in [0.1, 0.15) is 18.8 Å². The zero-order valence-electron chi connectivity index (χ0n) is 10.4. The number of aliphatic carboxylic acids is 1. The summed E-state index contributed by atoms with van der Waals surface area (Å²) in [5.74, 6) is -3.26. The fourth-order valence-corrected chi connectivity index (χ4v) is 1.57. The maximum Gasteiger partial charge on any atom is 0.406 e. The van der Waals surface area contributed by atoms with E-state index in [0.717, 1.165) is 6.07 Å². The Bertz CT molecular complexity index is 528. The minimum atomic E-state index is -4.73. The molecule has 0 aliphatic carbocycles. The fourth-order valence-electron chi connectivity index (χ4n) is 1.57. The summed E-state index contributed by atoms with van der Waals surface area (Å²) in [6.45, 7) is -1.22. The number of benzene rings is 1. The molecule has 1 aromatic rings. The molecule has 0 aromatic heterocycles. The van der Waals surface area contributed by atoms with Crippen LogP contribution in [0.5, 0.6) is 5.75 Å². The van der Waals surface area contributed by atoms with Gasteiger partial charge in [-0.25, -0.2) is 0 Å². The van der Waals surface area contributed by atoms with Gasteiger partial charge in [0.25, 0.3) is 5.91 Å². The van der Waals surface area contributed by atoms with E-state index in [1.165, 1.54) is 12.1 Å². The van der Waals surface area contributed by atoms with Crippen LogP contribution in [0.4, 0.5) is 13.2 Å². The molecule has 0 aliphatic heterocycles. The van der Waals surface area contributed by atoms with Crippen LogP contribution in [0.2, 0.25) is 0 Å². The molecule has 0 saturated heterocycles. The summed E-state index contributed by atoms with van der Waals surface area (Å²) < 4.78 is 37.1. The summed E-state index contributed by atoms with van der Waals surface area (Å²) in [7, 11) is 0. The van der Waals surface area contributed by atoms with Crippen molar-refractivity contribution in [2.45, 2.75) is 13.1 Å². The van der Waals surface area contributed by atoms with Gasteiger partial charge in [-0.15, -0.1) is 0 Å². The van der Waals surface area contributed by atoms with Crippen LogP contribution >= 0.6 is 0 Å². The average Bonchev–Trinajstić information content (AvgIpc) is 2.28. The average molecular weight is 291 g/mol.